The number of amides is 1. The van der Waals surface area contributed by atoms with E-state index in [4.69, 9.17) is 5.11 Å². The number of carboxylic acid groups (broad SMARTS) is 1. The summed E-state index contributed by atoms with van der Waals surface area (Å²) in [6.07, 6.45) is 15.2. The fourth-order valence-corrected chi connectivity index (χ4v) is 3.87. The molecule has 0 aromatic carbocycles. The molecule has 1 aliphatic rings. The van der Waals surface area contributed by atoms with Crippen molar-refractivity contribution in [2.45, 2.75) is 57.9 Å². The molecule has 2 heterocycles. The molecule has 2 rings (SSSR count). The van der Waals surface area contributed by atoms with Crippen molar-refractivity contribution in [3.63, 3.8) is 0 Å². The summed E-state index contributed by atoms with van der Waals surface area (Å²) in [7, 11) is 0. The quantitative estimate of drug-likeness (QED) is 0.376. The fraction of sp³-hybridized carbons (Fsp3) is 0.500. The van der Waals surface area contributed by atoms with Gasteiger partial charge < -0.3 is 10.0 Å². The third kappa shape index (κ3) is 7.39. The molecule has 26 heavy (non-hydrogen) atoms. The molecule has 0 saturated carbocycles. The maximum absolute atomic E-state index is 12.1. The Morgan fingerprint density at radius 3 is 2.85 bits per heavy atom. The van der Waals surface area contributed by atoms with Crippen LogP contribution in [-0.2, 0) is 11.2 Å². The van der Waals surface area contributed by atoms with Crippen LogP contribution in [-0.4, -0.2) is 64.0 Å². The Balaban J connectivity index is 0.00000338. The van der Waals surface area contributed by atoms with Gasteiger partial charge in [0.15, 0.2) is 0 Å². The molecule has 1 aromatic heterocycles. The van der Waals surface area contributed by atoms with Gasteiger partial charge in [-0.1, -0.05) is 44.1 Å². The molecule has 6 heteroatoms. The van der Waals surface area contributed by atoms with Gasteiger partial charge in [-0.05, 0) is 37.8 Å². The summed E-state index contributed by atoms with van der Waals surface area (Å²) in [5, 5.41) is 8.96. The summed E-state index contributed by atoms with van der Waals surface area (Å²) in [6.45, 7) is 2.91. The van der Waals surface area contributed by atoms with Crippen LogP contribution in [0.5, 0.6) is 0 Å². The van der Waals surface area contributed by atoms with Crippen LogP contribution in [0.3, 0.4) is 0 Å². The second kappa shape index (κ2) is 12.5. The summed E-state index contributed by atoms with van der Waals surface area (Å²) in [4.78, 5) is 26.4. The van der Waals surface area contributed by atoms with E-state index >= 15 is 0 Å². The summed E-state index contributed by atoms with van der Waals surface area (Å²) < 4.78 is 0. The van der Waals surface area contributed by atoms with Gasteiger partial charge in [-0.3, -0.25) is 4.79 Å². The van der Waals surface area contributed by atoms with Gasteiger partial charge in [0.1, 0.15) is 4.88 Å². The van der Waals surface area contributed by atoms with E-state index in [-0.39, 0.29) is 41.5 Å². The van der Waals surface area contributed by atoms with Crippen molar-refractivity contribution >= 4 is 52.8 Å². The number of hydrogen-bond acceptors (Lipinski definition) is 3. The van der Waals surface area contributed by atoms with E-state index in [1.54, 1.807) is 6.07 Å². The molecule has 138 valence electrons. The van der Waals surface area contributed by atoms with Crippen LogP contribution in [0.1, 0.15) is 60.0 Å². The van der Waals surface area contributed by atoms with Crippen LogP contribution in [0.2, 0.25) is 0 Å². The number of thiophene rings is 1. The number of aromatic carboxylic acids is 1. The van der Waals surface area contributed by atoms with E-state index in [1.165, 1.54) is 24.2 Å². The molecular weight excluding hydrogens is 357 g/mol. The number of nitrogens with zero attached hydrogens (tertiary/aromatic N) is 1. The molecule has 1 saturated heterocycles. The molecule has 0 bridgehead atoms. The number of carbonyl (C=O) groups excluding carboxylic acids is 1. The van der Waals surface area contributed by atoms with Gasteiger partial charge in [0.25, 0.3) is 0 Å². The van der Waals surface area contributed by atoms with Crippen molar-refractivity contribution in [2.75, 3.05) is 6.54 Å². The van der Waals surface area contributed by atoms with Gasteiger partial charge in [0, 0.05) is 17.8 Å². The zero-order valence-electron chi connectivity index (χ0n) is 14.8. The van der Waals surface area contributed by atoms with E-state index in [1.807, 2.05) is 11.0 Å². The molecule has 1 N–H and O–H groups in total. The Bertz CT molecular complexity index is 639. The summed E-state index contributed by atoms with van der Waals surface area (Å²) in [6, 6.07) is 3.72. The van der Waals surface area contributed by atoms with Crippen molar-refractivity contribution in [3.8, 4) is 0 Å². The van der Waals surface area contributed by atoms with E-state index in [0.717, 1.165) is 37.1 Å². The molecule has 1 fully saturated rings. The Hall–Kier alpha value is -0.880. The van der Waals surface area contributed by atoms with Crippen molar-refractivity contribution in [1.29, 1.82) is 0 Å². The Morgan fingerprint density at radius 2 is 2.15 bits per heavy atom. The first kappa shape index (κ1) is 23.2. The number of unbranched alkanes of at least 4 members (excludes halogenated alkanes) is 2. The third-order valence-corrected chi connectivity index (χ3v) is 5.51. The number of aryl methyl sites for hydroxylation is 1. The summed E-state index contributed by atoms with van der Waals surface area (Å²) >= 11 is 1.32. The number of likely N-dealkylation sites (tertiary alicyclic amines) is 1. The van der Waals surface area contributed by atoms with Crippen LogP contribution in [0, 0.1) is 0 Å². The van der Waals surface area contributed by atoms with Crippen LogP contribution in [0.15, 0.2) is 36.4 Å². The molecule has 4 nitrogen and oxygen atoms in total. The molecule has 1 atom stereocenters. The van der Waals surface area contributed by atoms with E-state index in [9.17, 15) is 9.59 Å². The molecule has 0 spiro atoms. The van der Waals surface area contributed by atoms with Gasteiger partial charge >= 0.3 is 35.5 Å². The fourth-order valence-electron chi connectivity index (χ4n) is 2.99. The van der Waals surface area contributed by atoms with E-state index < -0.39 is 5.97 Å². The second-order valence-corrected chi connectivity index (χ2v) is 7.49. The first-order valence-corrected chi connectivity index (χ1v) is 9.88. The van der Waals surface area contributed by atoms with Crippen molar-refractivity contribution in [2.24, 2.45) is 0 Å². The summed E-state index contributed by atoms with van der Waals surface area (Å²) in [5.41, 5.74) is 0. The third-order valence-electron chi connectivity index (χ3n) is 4.37. The van der Waals surface area contributed by atoms with Gasteiger partial charge in [0.2, 0.25) is 5.91 Å². The van der Waals surface area contributed by atoms with Crippen LogP contribution in [0.4, 0.5) is 0 Å². The average molecular weight is 386 g/mol. The van der Waals surface area contributed by atoms with Crippen LogP contribution < -0.4 is 0 Å². The second-order valence-electron chi connectivity index (χ2n) is 6.32. The molecular formula is C20H28NNaO3S. The average Bonchev–Trinajstić information content (AvgIpc) is 3.19. The minimum atomic E-state index is -0.872. The zero-order chi connectivity index (χ0) is 18.1. The van der Waals surface area contributed by atoms with Gasteiger partial charge in [-0.2, -0.15) is 0 Å². The molecule has 1 aromatic rings. The maximum atomic E-state index is 12.1. The Kier molecular flexibility index (Phi) is 11.1. The SMILES string of the molecule is CCCC/C=C/C=C\[C@H]1CCC(=O)N1CCCc1ccc(C(=O)O)s1.[NaH]. The van der Waals surface area contributed by atoms with Crippen molar-refractivity contribution in [3.05, 3.63) is 46.2 Å². The van der Waals surface area contributed by atoms with E-state index in [2.05, 4.69) is 31.2 Å². The normalized spacial score (nSPS) is 17.3. The predicted molar refractivity (Wildman–Crippen MR) is 109 cm³/mol. The first-order valence-electron chi connectivity index (χ1n) is 9.06. The number of rotatable bonds is 10. The van der Waals surface area contributed by atoms with E-state index in [0.29, 0.717) is 11.3 Å². The Morgan fingerprint density at radius 1 is 1.35 bits per heavy atom. The predicted octanol–water partition coefficient (Wildman–Crippen LogP) is 4.02. The van der Waals surface area contributed by atoms with Gasteiger partial charge in [0.05, 0.1) is 6.04 Å². The van der Waals surface area contributed by atoms with Crippen LogP contribution >= 0.6 is 11.3 Å². The standard InChI is InChI=1S/C20H27NO3S.Na.H/c1-2-3-4-5-6-7-9-16-11-14-19(22)21(16)15-8-10-17-12-13-18(25-17)20(23)24;;/h5-7,9,12-13,16H,2-4,8,10-11,14-15H2,1H3,(H,23,24);;/b6-5+,9-7-;;/t16-;;/m0../s1. The van der Waals surface area contributed by atoms with Gasteiger partial charge in [-0.15, -0.1) is 11.3 Å². The van der Waals surface area contributed by atoms with Crippen molar-refractivity contribution in [1.82, 2.24) is 4.90 Å². The number of allylic oxidation sites excluding steroid dienone is 3. The monoisotopic (exact) mass is 385 g/mol. The molecule has 1 amide bonds. The number of carboxylic acids is 1. The van der Waals surface area contributed by atoms with Crippen LogP contribution in [0.25, 0.3) is 0 Å². The molecule has 0 aliphatic carbocycles. The van der Waals surface area contributed by atoms with Gasteiger partial charge in [-0.25, -0.2) is 4.79 Å². The summed E-state index contributed by atoms with van der Waals surface area (Å²) in [5.74, 6) is -0.648. The molecule has 1 aliphatic heterocycles. The zero-order valence-corrected chi connectivity index (χ0v) is 15.6. The van der Waals surface area contributed by atoms with Crippen molar-refractivity contribution < 1.29 is 14.7 Å². The molecule has 0 radical (unpaired) electrons. The number of carbonyl (C=O) groups is 2. The first-order chi connectivity index (χ1) is 12.1. The molecule has 0 unspecified atom stereocenters. The number of hydrogen-bond donors (Lipinski definition) is 1. The Labute approximate surface area is 182 Å². The topological polar surface area (TPSA) is 57.6 Å². The minimum absolute atomic E-state index is 0.